The van der Waals surface area contributed by atoms with Crippen LogP contribution in [0.5, 0.6) is 0 Å². The van der Waals surface area contributed by atoms with Gasteiger partial charge in [0.1, 0.15) is 5.82 Å². The minimum atomic E-state index is 0.631. The molecule has 0 bridgehead atoms. The average Bonchev–Trinajstić information content (AvgIpc) is 3.08. The van der Waals surface area contributed by atoms with Crippen LogP contribution in [-0.4, -0.2) is 4.98 Å². The molecule has 1 aliphatic carbocycles. The van der Waals surface area contributed by atoms with Crippen LogP contribution in [0.15, 0.2) is 12.1 Å². The number of pyridine rings is 1. The quantitative estimate of drug-likeness (QED) is 0.760. The minimum absolute atomic E-state index is 0.631. The van der Waals surface area contributed by atoms with Gasteiger partial charge in [-0.15, -0.1) is 0 Å². The standard InChI is InChI=1S/C9H12N2.2C2H6/c1-6-8(7-2-3-7)4-5-9(10)11-6;2*1-2/h4-5,7H,2-3H2,1H3,(H2,10,11);2*1-2H3. The Morgan fingerprint density at radius 2 is 1.67 bits per heavy atom. The van der Waals surface area contributed by atoms with Crippen molar-refractivity contribution in [3.8, 4) is 0 Å². The van der Waals surface area contributed by atoms with Gasteiger partial charge in [0, 0.05) is 5.69 Å². The molecule has 2 heteroatoms. The van der Waals surface area contributed by atoms with E-state index in [4.69, 9.17) is 5.73 Å². The highest BCUT2D eigenvalue weighted by molar-refractivity contribution is 5.36. The Morgan fingerprint density at radius 1 is 1.13 bits per heavy atom. The lowest BCUT2D eigenvalue weighted by atomic mass is 10.1. The number of anilines is 1. The fraction of sp³-hybridized carbons (Fsp3) is 0.615. The van der Waals surface area contributed by atoms with E-state index in [1.54, 1.807) is 0 Å². The third-order valence-electron chi connectivity index (χ3n) is 2.17. The van der Waals surface area contributed by atoms with E-state index < -0.39 is 0 Å². The lowest BCUT2D eigenvalue weighted by molar-refractivity contribution is 1.04. The van der Waals surface area contributed by atoms with Crippen molar-refractivity contribution in [3.63, 3.8) is 0 Å². The number of nitrogen functional groups attached to an aromatic ring is 1. The lowest BCUT2D eigenvalue weighted by Crippen LogP contribution is -1.95. The second-order valence-electron chi connectivity index (χ2n) is 3.19. The Kier molecular flexibility index (Phi) is 6.76. The first-order valence-corrected chi connectivity index (χ1v) is 6.00. The van der Waals surface area contributed by atoms with E-state index in [-0.39, 0.29) is 0 Å². The molecule has 1 aliphatic rings. The van der Waals surface area contributed by atoms with Crippen molar-refractivity contribution in [1.82, 2.24) is 4.98 Å². The van der Waals surface area contributed by atoms with E-state index >= 15 is 0 Å². The van der Waals surface area contributed by atoms with E-state index in [0.29, 0.717) is 5.82 Å². The van der Waals surface area contributed by atoms with Crippen molar-refractivity contribution in [1.29, 1.82) is 0 Å². The Bertz CT molecular complexity index is 278. The molecular weight excluding hydrogens is 184 g/mol. The highest BCUT2D eigenvalue weighted by atomic mass is 14.8. The molecular formula is C13H24N2. The molecule has 0 saturated heterocycles. The molecule has 1 saturated carbocycles. The molecule has 0 atom stereocenters. The van der Waals surface area contributed by atoms with Gasteiger partial charge in [0.15, 0.2) is 0 Å². The third-order valence-corrected chi connectivity index (χ3v) is 2.17. The maximum Gasteiger partial charge on any atom is 0.123 e. The van der Waals surface area contributed by atoms with Crippen LogP contribution in [0.4, 0.5) is 5.82 Å². The summed E-state index contributed by atoms with van der Waals surface area (Å²) in [6.07, 6.45) is 2.65. The van der Waals surface area contributed by atoms with Crippen LogP contribution in [0.3, 0.4) is 0 Å². The molecule has 0 unspecified atom stereocenters. The molecule has 1 aromatic heterocycles. The number of hydrogen-bond donors (Lipinski definition) is 1. The number of hydrogen-bond acceptors (Lipinski definition) is 2. The molecule has 15 heavy (non-hydrogen) atoms. The second-order valence-corrected chi connectivity index (χ2v) is 3.19. The van der Waals surface area contributed by atoms with Gasteiger partial charge in [0.05, 0.1) is 0 Å². The molecule has 0 amide bonds. The molecule has 1 aromatic rings. The van der Waals surface area contributed by atoms with Crippen molar-refractivity contribution in [2.75, 3.05) is 5.73 Å². The van der Waals surface area contributed by atoms with Crippen LogP contribution in [0.1, 0.15) is 57.7 Å². The predicted octanol–water partition coefficient (Wildman–Crippen LogP) is 3.90. The Morgan fingerprint density at radius 3 is 2.07 bits per heavy atom. The van der Waals surface area contributed by atoms with Crippen molar-refractivity contribution >= 4 is 5.82 Å². The molecule has 86 valence electrons. The summed E-state index contributed by atoms with van der Waals surface area (Å²) in [5.74, 6) is 1.41. The summed E-state index contributed by atoms with van der Waals surface area (Å²) in [6.45, 7) is 10.0. The van der Waals surface area contributed by atoms with Gasteiger partial charge in [0.2, 0.25) is 0 Å². The topological polar surface area (TPSA) is 38.9 Å². The highest BCUT2D eigenvalue weighted by Crippen LogP contribution is 2.41. The summed E-state index contributed by atoms with van der Waals surface area (Å²) in [4.78, 5) is 4.21. The molecule has 2 rings (SSSR count). The first-order valence-electron chi connectivity index (χ1n) is 6.00. The normalized spacial score (nSPS) is 13.1. The van der Waals surface area contributed by atoms with Crippen LogP contribution in [-0.2, 0) is 0 Å². The molecule has 1 fully saturated rings. The maximum atomic E-state index is 5.54. The minimum Gasteiger partial charge on any atom is -0.384 e. The number of nitrogens with two attached hydrogens (primary N) is 1. The van der Waals surface area contributed by atoms with Crippen molar-refractivity contribution in [2.45, 2.75) is 53.4 Å². The van der Waals surface area contributed by atoms with Gasteiger partial charge in [-0.2, -0.15) is 0 Å². The second kappa shape index (κ2) is 7.27. The number of nitrogens with zero attached hydrogens (tertiary/aromatic N) is 1. The molecule has 0 aromatic carbocycles. The summed E-state index contributed by atoms with van der Waals surface area (Å²) in [7, 11) is 0. The van der Waals surface area contributed by atoms with Gasteiger partial charge in [-0.25, -0.2) is 4.98 Å². The number of rotatable bonds is 1. The summed E-state index contributed by atoms with van der Waals surface area (Å²) in [6, 6.07) is 4.00. The fourth-order valence-electron chi connectivity index (χ4n) is 1.42. The van der Waals surface area contributed by atoms with Crippen LogP contribution >= 0.6 is 0 Å². The summed E-state index contributed by atoms with van der Waals surface area (Å²) in [5.41, 5.74) is 8.03. The van der Waals surface area contributed by atoms with E-state index in [9.17, 15) is 0 Å². The first kappa shape index (κ1) is 13.9. The Labute approximate surface area is 93.9 Å². The van der Waals surface area contributed by atoms with Gasteiger partial charge < -0.3 is 5.73 Å². The van der Waals surface area contributed by atoms with Crippen LogP contribution < -0.4 is 5.73 Å². The first-order chi connectivity index (χ1) is 7.27. The maximum absolute atomic E-state index is 5.54. The SMILES string of the molecule is CC.CC.Cc1nc(N)ccc1C1CC1. The summed E-state index contributed by atoms with van der Waals surface area (Å²) < 4.78 is 0. The van der Waals surface area contributed by atoms with Crippen LogP contribution in [0, 0.1) is 6.92 Å². The molecule has 0 aliphatic heterocycles. The van der Waals surface area contributed by atoms with Gasteiger partial charge in [-0.05, 0) is 37.3 Å². The zero-order valence-corrected chi connectivity index (χ0v) is 10.7. The predicted molar refractivity (Wildman–Crippen MR) is 68.1 cm³/mol. The third kappa shape index (κ3) is 4.32. The zero-order valence-electron chi connectivity index (χ0n) is 10.7. The smallest absolute Gasteiger partial charge is 0.123 e. The zero-order chi connectivity index (χ0) is 11.8. The van der Waals surface area contributed by atoms with E-state index in [1.165, 1.54) is 18.4 Å². The van der Waals surface area contributed by atoms with E-state index in [0.717, 1.165) is 11.6 Å². The van der Waals surface area contributed by atoms with Crippen molar-refractivity contribution in [3.05, 3.63) is 23.4 Å². The van der Waals surface area contributed by atoms with Gasteiger partial charge >= 0.3 is 0 Å². The fourth-order valence-corrected chi connectivity index (χ4v) is 1.42. The van der Waals surface area contributed by atoms with Crippen molar-refractivity contribution < 1.29 is 0 Å². The molecule has 2 nitrogen and oxygen atoms in total. The molecule has 2 N–H and O–H groups in total. The lowest BCUT2D eigenvalue weighted by Gasteiger charge is -2.02. The van der Waals surface area contributed by atoms with Crippen LogP contribution in [0.2, 0.25) is 0 Å². The molecule has 0 radical (unpaired) electrons. The number of aromatic nitrogens is 1. The van der Waals surface area contributed by atoms with Crippen LogP contribution in [0.25, 0.3) is 0 Å². The summed E-state index contributed by atoms with van der Waals surface area (Å²) in [5, 5.41) is 0. The monoisotopic (exact) mass is 208 g/mol. The average molecular weight is 208 g/mol. The van der Waals surface area contributed by atoms with E-state index in [1.807, 2.05) is 40.7 Å². The summed E-state index contributed by atoms with van der Waals surface area (Å²) >= 11 is 0. The van der Waals surface area contributed by atoms with Gasteiger partial charge in [-0.1, -0.05) is 33.8 Å². The Balaban J connectivity index is 0.000000442. The number of aryl methyl sites for hydroxylation is 1. The van der Waals surface area contributed by atoms with E-state index in [2.05, 4.69) is 11.1 Å². The Hall–Kier alpha value is -1.05. The molecule has 0 spiro atoms. The van der Waals surface area contributed by atoms with Crippen molar-refractivity contribution in [2.24, 2.45) is 0 Å². The highest BCUT2D eigenvalue weighted by Gasteiger charge is 2.25. The van der Waals surface area contributed by atoms with Gasteiger partial charge in [0.25, 0.3) is 0 Å². The molecule has 1 heterocycles. The largest absolute Gasteiger partial charge is 0.384 e. The van der Waals surface area contributed by atoms with Gasteiger partial charge in [-0.3, -0.25) is 0 Å².